The number of Topliss-reactive ketones (excluding diaryl/α,β-unsaturated/α-hetero) is 1. The van der Waals surface area contributed by atoms with Crippen molar-refractivity contribution in [1.82, 2.24) is 0 Å². The van der Waals surface area contributed by atoms with Gasteiger partial charge in [0.2, 0.25) is 0 Å². The largest absolute Gasteiger partial charge is 0.496 e. The van der Waals surface area contributed by atoms with Crippen molar-refractivity contribution in [2.75, 3.05) is 14.2 Å². The second-order valence-corrected chi connectivity index (χ2v) is 6.42. The molecule has 2 aromatic carbocycles. The zero-order chi connectivity index (χ0) is 20.3. The average Bonchev–Trinajstić information content (AvgIpc) is 2.70. The third-order valence-electron chi connectivity index (χ3n) is 4.47. The van der Waals surface area contributed by atoms with Crippen LogP contribution in [0.5, 0.6) is 11.5 Å². The van der Waals surface area contributed by atoms with Crippen molar-refractivity contribution < 1.29 is 23.5 Å². The van der Waals surface area contributed by atoms with Crippen LogP contribution in [0, 0.1) is 0 Å². The Hall–Kier alpha value is -3.41. The van der Waals surface area contributed by atoms with Gasteiger partial charge in [0.05, 0.1) is 19.6 Å². The van der Waals surface area contributed by atoms with E-state index >= 15 is 0 Å². The van der Waals surface area contributed by atoms with Crippen LogP contribution in [0.3, 0.4) is 0 Å². The van der Waals surface area contributed by atoms with E-state index in [0.717, 1.165) is 5.56 Å². The topological polar surface area (TPSA) is 82.8 Å². The highest BCUT2D eigenvalue weighted by Gasteiger charge is 2.18. The first-order valence-electron chi connectivity index (χ1n) is 8.76. The molecule has 0 unspecified atom stereocenters. The minimum Gasteiger partial charge on any atom is -0.496 e. The monoisotopic (exact) mass is 380 g/mol. The highest BCUT2D eigenvalue weighted by molar-refractivity contribution is 6.10. The van der Waals surface area contributed by atoms with Gasteiger partial charge in [-0.25, -0.2) is 4.79 Å². The van der Waals surface area contributed by atoms with Gasteiger partial charge in [0.25, 0.3) is 0 Å². The van der Waals surface area contributed by atoms with Gasteiger partial charge in [0.15, 0.2) is 5.78 Å². The van der Waals surface area contributed by atoms with E-state index in [-0.39, 0.29) is 16.9 Å². The van der Waals surface area contributed by atoms with Gasteiger partial charge >= 0.3 is 5.63 Å². The van der Waals surface area contributed by atoms with E-state index in [4.69, 9.17) is 13.9 Å². The minimum absolute atomic E-state index is 0.0764. The molecule has 0 atom stereocenters. The average molecular weight is 380 g/mol. The highest BCUT2D eigenvalue weighted by Crippen LogP contribution is 2.31. The summed E-state index contributed by atoms with van der Waals surface area (Å²) in [6.45, 7) is 1.54. The Bertz CT molecular complexity index is 1090. The number of ether oxygens (including phenoxy) is 2. The van der Waals surface area contributed by atoms with Crippen LogP contribution >= 0.6 is 0 Å². The number of methoxy groups -OCH3 is 2. The van der Waals surface area contributed by atoms with Crippen molar-refractivity contribution in [3.05, 3.63) is 69.6 Å². The fraction of sp³-hybridized carbons (Fsp3) is 0.227. The highest BCUT2D eigenvalue weighted by atomic mass is 16.5. The molecule has 0 saturated carbocycles. The smallest absolute Gasteiger partial charge is 0.347 e. The summed E-state index contributed by atoms with van der Waals surface area (Å²) in [6.07, 6.45) is 1.06. The summed E-state index contributed by atoms with van der Waals surface area (Å²) in [4.78, 5) is 36.3. The van der Waals surface area contributed by atoms with Gasteiger partial charge in [0, 0.05) is 24.1 Å². The number of hydrogen-bond acceptors (Lipinski definition) is 6. The number of fused-ring (bicyclic) bond motifs is 1. The summed E-state index contributed by atoms with van der Waals surface area (Å²) in [5, 5.41) is 0.504. The second-order valence-electron chi connectivity index (χ2n) is 6.42. The van der Waals surface area contributed by atoms with Crippen LogP contribution in [0.2, 0.25) is 0 Å². The summed E-state index contributed by atoms with van der Waals surface area (Å²) < 4.78 is 15.8. The molecule has 3 rings (SSSR count). The quantitative estimate of drug-likeness (QED) is 0.460. The van der Waals surface area contributed by atoms with E-state index in [9.17, 15) is 14.4 Å². The molecule has 6 heteroatoms. The van der Waals surface area contributed by atoms with Gasteiger partial charge in [0.1, 0.15) is 28.4 Å². The molecule has 0 radical (unpaired) electrons. The Morgan fingerprint density at radius 1 is 1.00 bits per heavy atom. The van der Waals surface area contributed by atoms with Crippen LogP contribution in [-0.2, 0) is 11.2 Å². The zero-order valence-corrected chi connectivity index (χ0v) is 15.9. The van der Waals surface area contributed by atoms with Crippen molar-refractivity contribution in [2.24, 2.45) is 0 Å². The Labute approximate surface area is 161 Å². The third-order valence-corrected chi connectivity index (χ3v) is 4.47. The van der Waals surface area contributed by atoms with Gasteiger partial charge in [-0.2, -0.15) is 0 Å². The van der Waals surface area contributed by atoms with Gasteiger partial charge in [-0.1, -0.05) is 24.3 Å². The lowest BCUT2D eigenvalue weighted by atomic mass is 10.0. The molecule has 0 fully saturated rings. The van der Waals surface area contributed by atoms with E-state index in [2.05, 4.69) is 0 Å². The molecule has 0 bridgehead atoms. The molecule has 28 heavy (non-hydrogen) atoms. The number of carbonyl (C=O) groups is 2. The van der Waals surface area contributed by atoms with E-state index < -0.39 is 11.4 Å². The van der Waals surface area contributed by atoms with Crippen LogP contribution in [-0.4, -0.2) is 25.8 Å². The predicted octanol–water partition coefficient (Wildman–Crippen LogP) is 3.56. The van der Waals surface area contributed by atoms with Crippen molar-refractivity contribution in [3.63, 3.8) is 0 Å². The molecule has 0 spiro atoms. The van der Waals surface area contributed by atoms with Crippen molar-refractivity contribution in [3.8, 4) is 11.5 Å². The van der Waals surface area contributed by atoms with Crippen LogP contribution < -0.4 is 15.1 Å². The predicted molar refractivity (Wildman–Crippen MR) is 104 cm³/mol. The lowest BCUT2D eigenvalue weighted by molar-refractivity contribution is -0.116. The molecule has 0 N–H and O–H groups in total. The zero-order valence-electron chi connectivity index (χ0n) is 15.9. The number of benzene rings is 2. The normalized spacial score (nSPS) is 10.7. The summed E-state index contributed by atoms with van der Waals surface area (Å²) >= 11 is 0. The fourth-order valence-electron chi connectivity index (χ4n) is 2.91. The van der Waals surface area contributed by atoms with E-state index in [1.807, 2.05) is 0 Å². The number of ketones is 2. The Balaban J connectivity index is 1.98. The first kappa shape index (κ1) is 19.4. The first-order chi connectivity index (χ1) is 13.4. The Morgan fingerprint density at radius 3 is 2.32 bits per heavy atom. The SMILES string of the molecule is COc1cc(OC)c2cc(C(=O)c3ccc(CCC(C)=O)cc3)c(=O)oc2c1. The third kappa shape index (κ3) is 3.96. The van der Waals surface area contributed by atoms with Crippen molar-refractivity contribution in [2.45, 2.75) is 19.8 Å². The fourth-order valence-corrected chi connectivity index (χ4v) is 2.91. The summed E-state index contributed by atoms with van der Waals surface area (Å²) in [5.74, 6) is 0.589. The summed E-state index contributed by atoms with van der Waals surface area (Å²) in [6, 6.07) is 11.6. The molecule has 144 valence electrons. The second kappa shape index (κ2) is 8.08. The van der Waals surface area contributed by atoms with Gasteiger partial charge in [-0.15, -0.1) is 0 Å². The number of hydrogen-bond donors (Lipinski definition) is 0. The molecule has 0 saturated heterocycles. The number of aryl methyl sites for hydroxylation is 1. The molecular formula is C22H20O6. The van der Waals surface area contributed by atoms with Crippen molar-refractivity contribution >= 4 is 22.5 Å². The van der Waals surface area contributed by atoms with Gasteiger partial charge in [-0.3, -0.25) is 4.79 Å². The molecule has 0 aliphatic heterocycles. The van der Waals surface area contributed by atoms with Crippen LogP contribution in [0.25, 0.3) is 11.0 Å². The molecule has 3 aromatic rings. The van der Waals surface area contributed by atoms with Crippen LogP contribution in [0.4, 0.5) is 0 Å². The Morgan fingerprint density at radius 2 is 1.71 bits per heavy atom. The lowest BCUT2D eigenvalue weighted by Gasteiger charge is -2.09. The minimum atomic E-state index is -0.728. The maximum Gasteiger partial charge on any atom is 0.347 e. The molecular weight excluding hydrogens is 360 g/mol. The van der Waals surface area contributed by atoms with E-state index in [1.54, 1.807) is 43.3 Å². The first-order valence-corrected chi connectivity index (χ1v) is 8.76. The van der Waals surface area contributed by atoms with Gasteiger partial charge in [-0.05, 0) is 25.0 Å². The van der Waals surface area contributed by atoms with Gasteiger partial charge < -0.3 is 18.7 Å². The number of carbonyl (C=O) groups excluding carboxylic acids is 2. The maximum absolute atomic E-state index is 12.8. The van der Waals surface area contributed by atoms with Crippen molar-refractivity contribution in [1.29, 1.82) is 0 Å². The Kier molecular flexibility index (Phi) is 5.59. The molecule has 6 nitrogen and oxygen atoms in total. The van der Waals surface area contributed by atoms with E-state index in [1.165, 1.54) is 20.3 Å². The standard InChI is InChI=1S/C22H20O6/c1-13(23)4-5-14-6-8-15(9-7-14)21(24)18-12-17-19(27-3)10-16(26-2)11-20(17)28-22(18)25/h6-12H,4-5H2,1-3H3. The molecule has 1 aromatic heterocycles. The number of rotatable bonds is 7. The van der Waals surface area contributed by atoms with Crippen LogP contribution in [0.1, 0.15) is 34.8 Å². The maximum atomic E-state index is 12.8. The van der Waals surface area contributed by atoms with E-state index in [0.29, 0.717) is 35.3 Å². The molecule has 0 amide bonds. The lowest BCUT2D eigenvalue weighted by Crippen LogP contribution is -2.15. The summed E-state index contributed by atoms with van der Waals surface area (Å²) in [7, 11) is 2.98. The van der Waals surface area contributed by atoms with Crippen LogP contribution in [0.15, 0.2) is 51.7 Å². The molecule has 0 aliphatic carbocycles. The molecule has 0 aliphatic rings. The molecule has 1 heterocycles. The summed E-state index contributed by atoms with van der Waals surface area (Å²) in [5.41, 5.74) is 0.787.